The smallest absolute Gasteiger partial charge is 0.0662 e. The minimum atomic E-state index is 0.630. The van der Waals surface area contributed by atoms with Crippen LogP contribution in [-0.2, 0) is 6.42 Å². The van der Waals surface area contributed by atoms with E-state index >= 15 is 0 Å². The van der Waals surface area contributed by atoms with Crippen LogP contribution in [-0.4, -0.2) is 13.1 Å². The summed E-state index contributed by atoms with van der Waals surface area (Å²) in [4.78, 5) is 2.37. The van der Waals surface area contributed by atoms with Crippen molar-refractivity contribution in [2.24, 2.45) is 0 Å². The van der Waals surface area contributed by atoms with Gasteiger partial charge in [0, 0.05) is 18.8 Å². The van der Waals surface area contributed by atoms with Crippen molar-refractivity contribution in [2.75, 3.05) is 17.7 Å². The van der Waals surface area contributed by atoms with Crippen LogP contribution in [0.5, 0.6) is 0 Å². The van der Waals surface area contributed by atoms with Crippen LogP contribution < -0.4 is 10.6 Å². The molecule has 3 heteroatoms. The van der Waals surface area contributed by atoms with E-state index in [4.69, 9.17) is 17.3 Å². The molecule has 2 rings (SSSR count). The number of nitrogens with zero attached hydrogens (tertiary/aromatic N) is 1. The maximum Gasteiger partial charge on any atom is 0.0662 e. The molecule has 1 aromatic rings. The van der Waals surface area contributed by atoms with Crippen LogP contribution in [0.2, 0.25) is 5.02 Å². The summed E-state index contributed by atoms with van der Waals surface area (Å²) in [6.07, 6.45) is 7.57. The highest BCUT2D eigenvalue weighted by atomic mass is 35.5. The Morgan fingerprint density at radius 1 is 1.28 bits per heavy atom. The fourth-order valence-electron chi connectivity index (χ4n) is 2.99. The van der Waals surface area contributed by atoms with Crippen LogP contribution in [0.3, 0.4) is 0 Å². The van der Waals surface area contributed by atoms with Crippen LogP contribution >= 0.6 is 11.6 Å². The lowest BCUT2D eigenvalue weighted by molar-refractivity contribution is 0.427. The number of nitrogen functional groups attached to an aromatic ring is 1. The van der Waals surface area contributed by atoms with Gasteiger partial charge >= 0.3 is 0 Å². The van der Waals surface area contributed by atoms with Gasteiger partial charge in [-0.3, -0.25) is 0 Å². The first kappa shape index (κ1) is 13.5. The Bertz CT molecular complexity index is 411. The van der Waals surface area contributed by atoms with Crippen molar-refractivity contribution < 1.29 is 0 Å². The third-order valence-corrected chi connectivity index (χ3v) is 4.31. The van der Waals surface area contributed by atoms with Crippen LogP contribution in [0, 0.1) is 0 Å². The largest absolute Gasteiger partial charge is 0.399 e. The molecule has 1 aromatic carbocycles. The third-order valence-electron chi connectivity index (χ3n) is 4.02. The van der Waals surface area contributed by atoms with Crippen molar-refractivity contribution >= 4 is 23.0 Å². The van der Waals surface area contributed by atoms with Gasteiger partial charge in [-0.2, -0.15) is 0 Å². The summed E-state index contributed by atoms with van der Waals surface area (Å²) in [5.74, 6) is 0. The van der Waals surface area contributed by atoms with E-state index in [-0.39, 0.29) is 0 Å². The van der Waals surface area contributed by atoms with Gasteiger partial charge in [-0.1, -0.05) is 37.8 Å². The summed E-state index contributed by atoms with van der Waals surface area (Å²) in [5.41, 5.74) is 9.08. The van der Waals surface area contributed by atoms with Gasteiger partial charge in [-0.05, 0) is 37.0 Å². The van der Waals surface area contributed by atoms with Gasteiger partial charge in [0.2, 0.25) is 0 Å². The zero-order chi connectivity index (χ0) is 13.1. The zero-order valence-corrected chi connectivity index (χ0v) is 12.1. The van der Waals surface area contributed by atoms with Crippen LogP contribution in [0.25, 0.3) is 0 Å². The Hall–Kier alpha value is -0.890. The minimum Gasteiger partial charge on any atom is -0.399 e. The SMILES string of the molecule is CCc1cc(N)cc(Cl)c1N(C)C1CCCCC1. The zero-order valence-electron chi connectivity index (χ0n) is 11.4. The molecule has 0 atom stereocenters. The predicted molar refractivity (Wildman–Crippen MR) is 80.5 cm³/mol. The number of rotatable bonds is 3. The van der Waals surface area contributed by atoms with Gasteiger partial charge in [0.05, 0.1) is 10.7 Å². The fraction of sp³-hybridized carbons (Fsp3) is 0.600. The van der Waals surface area contributed by atoms with Gasteiger partial charge in [-0.25, -0.2) is 0 Å². The van der Waals surface area contributed by atoms with Crippen molar-refractivity contribution in [3.63, 3.8) is 0 Å². The highest BCUT2D eigenvalue weighted by Crippen LogP contribution is 2.35. The average molecular weight is 267 g/mol. The first-order chi connectivity index (χ1) is 8.63. The number of hydrogen-bond donors (Lipinski definition) is 1. The standard InChI is InChI=1S/C15H23ClN2/c1-3-11-9-12(17)10-14(16)15(11)18(2)13-7-5-4-6-8-13/h9-10,13H,3-8,17H2,1-2H3. The van der Waals surface area contributed by atoms with E-state index in [0.717, 1.165) is 17.1 Å². The van der Waals surface area contributed by atoms with Gasteiger partial charge in [0.25, 0.3) is 0 Å². The van der Waals surface area contributed by atoms with Crippen LogP contribution in [0.4, 0.5) is 11.4 Å². The molecule has 0 radical (unpaired) electrons. The van der Waals surface area contributed by atoms with Crippen molar-refractivity contribution in [3.8, 4) is 0 Å². The van der Waals surface area contributed by atoms with E-state index in [1.54, 1.807) is 0 Å². The molecule has 2 N–H and O–H groups in total. The van der Waals surface area contributed by atoms with Crippen molar-refractivity contribution in [3.05, 3.63) is 22.7 Å². The Morgan fingerprint density at radius 3 is 2.56 bits per heavy atom. The number of aryl methyl sites for hydroxylation is 1. The molecule has 1 aliphatic carbocycles. The topological polar surface area (TPSA) is 29.3 Å². The van der Waals surface area contributed by atoms with Gasteiger partial charge in [0.15, 0.2) is 0 Å². The van der Waals surface area contributed by atoms with Crippen molar-refractivity contribution in [1.29, 1.82) is 0 Å². The molecule has 0 unspecified atom stereocenters. The quantitative estimate of drug-likeness (QED) is 0.829. The Kier molecular flexibility index (Phi) is 4.39. The summed E-state index contributed by atoms with van der Waals surface area (Å²) >= 11 is 6.41. The highest BCUT2D eigenvalue weighted by molar-refractivity contribution is 6.33. The lowest BCUT2D eigenvalue weighted by Crippen LogP contribution is -2.34. The number of nitrogens with two attached hydrogens (primary N) is 1. The fourth-order valence-corrected chi connectivity index (χ4v) is 3.38. The second-order valence-corrected chi connectivity index (χ2v) is 5.67. The molecule has 1 saturated carbocycles. The van der Waals surface area contributed by atoms with E-state index in [2.05, 4.69) is 24.9 Å². The van der Waals surface area contributed by atoms with Crippen molar-refractivity contribution in [2.45, 2.75) is 51.5 Å². The second-order valence-electron chi connectivity index (χ2n) is 5.27. The summed E-state index contributed by atoms with van der Waals surface area (Å²) in [6, 6.07) is 4.56. The van der Waals surface area contributed by atoms with Crippen LogP contribution in [0.1, 0.15) is 44.6 Å². The Balaban J connectivity index is 2.30. The monoisotopic (exact) mass is 266 g/mol. The Labute approximate surface area is 115 Å². The molecular formula is C15H23ClN2. The van der Waals surface area contributed by atoms with E-state index in [1.807, 2.05) is 6.07 Å². The minimum absolute atomic E-state index is 0.630. The number of benzene rings is 1. The van der Waals surface area contributed by atoms with E-state index in [0.29, 0.717) is 6.04 Å². The summed E-state index contributed by atoms with van der Waals surface area (Å²) in [6.45, 7) is 2.16. The predicted octanol–water partition coefficient (Wildman–Crippen LogP) is 4.25. The lowest BCUT2D eigenvalue weighted by atomic mass is 9.93. The highest BCUT2D eigenvalue weighted by Gasteiger charge is 2.21. The number of hydrogen-bond acceptors (Lipinski definition) is 2. The summed E-state index contributed by atoms with van der Waals surface area (Å²) < 4.78 is 0. The molecule has 100 valence electrons. The number of anilines is 2. The van der Waals surface area contributed by atoms with Gasteiger partial charge in [-0.15, -0.1) is 0 Å². The molecule has 0 amide bonds. The maximum atomic E-state index is 6.41. The molecule has 18 heavy (non-hydrogen) atoms. The van der Waals surface area contributed by atoms with Gasteiger partial charge < -0.3 is 10.6 Å². The molecule has 0 saturated heterocycles. The molecule has 0 aromatic heterocycles. The average Bonchev–Trinajstić information content (AvgIpc) is 2.38. The lowest BCUT2D eigenvalue weighted by Gasteiger charge is -2.35. The normalized spacial score (nSPS) is 16.8. The first-order valence-corrected chi connectivity index (χ1v) is 7.32. The van der Waals surface area contributed by atoms with Crippen molar-refractivity contribution in [1.82, 2.24) is 0 Å². The summed E-state index contributed by atoms with van der Waals surface area (Å²) in [5, 5.41) is 0.792. The molecule has 2 nitrogen and oxygen atoms in total. The first-order valence-electron chi connectivity index (χ1n) is 6.94. The maximum absolute atomic E-state index is 6.41. The molecule has 0 aliphatic heterocycles. The number of halogens is 1. The molecular weight excluding hydrogens is 244 g/mol. The van der Waals surface area contributed by atoms with E-state index in [9.17, 15) is 0 Å². The Morgan fingerprint density at radius 2 is 1.94 bits per heavy atom. The van der Waals surface area contributed by atoms with Crippen LogP contribution in [0.15, 0.2) is 12.1 Å². The third kappa shape index (κ3) is 2.74. The molecule has 1 fully saturated rings. The molecule has 0 heterocycles. The van der Waals surface area contributed by atoms with Gasteiger partial charge in [0.1, 0.15) is 0 Å². The molecule has 0 spiro atoms. The van der Waals surface area contributed by atoms with E-state index in [1.165, 1.54) is 43.4 Å². The van der Waals surface area contributed by atoms with E-state index < -0.39 is 0 Å². The summed E-state index contributed by atoms with van der Waals surface area (Å²) in [7, 11) is 2.17. The molecule has 0 bridgehead atoms. The second kappa shape index (κ2) is 5.83. The molecule has 1 aliphatic rings.